The zero-order valence-electron chi connectivity index (χ0n) is 14.0. The van der Waals surface area contributed by atoms with Crippen molar-refractivity contribution in [2.75, 3.05) is 18.5 Å². The van der Waals surface area contributed by atoms with Gasteiger partial charge in [-0.3, -0.25) is 24.6 Å². The molecule has 2 heterocycles. The first-order valence-corrected chi connectivity index (χ1v) is 9.14. The Kier molecular flexibility index (Phi) is 6.19. The molecule has 0 bridgehead atoms. The van der Waals surface area contributed by atoms with Gasteiger partial charge in [0, 0.05) is 9.77 Å². The topological polar surface area (TPSA) is 104 Å². The van der Waals surface area contributed by atoms with Crippen LogP contribution in [-0.2, 0) is 16.1 Å². The van der Waals surface area contributed by atoms with E-state index in [1.165, 1.54) is 17.7 Å². The Bertz CT molecular complexity index is 880. The van der Waals surface area contributed by atoms with Crippen LogP contribution in [-0.4, -0.2) is 40.2 Å². The van der Waals surface area contributed by atoms with E-state index in [4.69, 9.17) is 10.0 Å². The lowest BCUT2D eigenvalue weighted by atomic mass is 10.0. The third-order valence-corrected chi connectivity index (χ3v) is 4.62. The standard InChI is InChI=1S/C17H16FIN4O4/c18-12-7-11(19)1-2-13(12)21-14-9-20-8-10-3-5-23(17(25)16(10)14)27-6-4-15(24)22-26/h1-2,7-9,21,26H,3-6H2,(H,22,24). The molecule has 0 fully saturated rings. The number of hydrogen-bond acceptors (Lipinski definition) is 6. The number of rotatable bonds is 6. The highest BCUT2D eigenvalue weighted by Crippen LogP contribution is 2.29. The van der Waals surface area contributed by atoms with E-state index in [0.29, 0.717) is 24.2 Å². The number of aromatic nitrogens is 1. The van der Waals surface area contributed by atoms with Crippen molar-refractivity contribution in [3.05, 3.63) is 51.1 Å². The Balaban J connectivity index is 1.80. The summed E-state index contributed by atoms with van der Waals surface area (Å²) < 4.78 is 14.9. The number of carbonyl (C=O) groups excluding carboxylic acids is 2. The number of carbonyl (C=O) groups is 2. The molecule has 142 valence electrons. The molecule has 1 aliphatic rings. The van der Waals surface area contributed by atoms with Gasteiger partial charge in [0.2, 0.25) is 5.91 Å². The monoisotopic (exact) mass is 486 g/mol. The summed E-state index contributed by atoms with van der Waals surface area (Å²) >= 11 is 2.01. The molecule has 2 aromatic rings. The van der Waals surface area contributed by atoms with Crippen LogP contribution in [0.1, 0.15) is 22.3 Å². The molecule has 0 saturated carbocycles. The fourth-order valence-corrected chi connectivity index (χ4v) is 3.11. The normalized spacial score (nSPS) is 13.3. The molecule has 8 nitrogen and oxygen atoms in total. The average Bonchev–Trinajstić information content (AvgIpc) is 2.65. The van der Waals surface area contributed by atoms with Gasteiger partial charge in [-0.05, 0) is 52.8 Å². The number of amides is 2. The maximum atomic E-state index is 14.2. The van der Waals surface area contributed by atoms with Gasteiger partial charge in [-0.15, -0.1) is 0 Å². The highest BCUT2D eigenvalue weighted by Gasteiger charge is 2.28. The molecule has 0 atom stereocenters. The second-order valence-corrected chi connectivity index (χ2v) is 6.99. The first-order valence-electron chi connectivity index (χ1n) is 8.06. The summed E-state index contributed by atoms with van der Waals surface area (Å²) in [4.78, 5) is 33.3. The molecule has 0 aliphatic carbocycles. The number of benzene rings is 1. The van der Waals surface area contributed by atoms with Gasteiger partial charge >= 0.3 is 0 Å². The Hall–Kier alpha value is -2.31. The van der Waals surface area contributed by atoms with Crippen LogP contribution in [0.3, 0.4) is 0 Å². The van der Waals surface area contributed by atoms with Gasteiger partial charge in [0.15, 0.2) is 0 Å². The summed E-state index contributed by atoms with van der Waals surface area (Å²) in [5, 5.41) is 12.6. The van der Waals surface area contributed by atoms with Crippen molar-refractivity contribution in [1.82, 2.24) is 15.5 Å². The average molecular weight is 486 g/mol. The molecule has 1 aromatic heterocycles. The molecule has 1 aromatic carbocycles. The lowest BCUT2D eigenvalue weighted by Gasteiger charge is -2.28. The summed E-state index contributed by atoms with van der Waals surface area (Å²) in [6.45, 7) is 0.239. The minimum absolute atomic E-state index is 0.0624. The van der Waals surface area contributed by atoms with Gasteiger partial charge in [-0.2, -0.15) is 0 Å². The summed E-state index contributed by atoms with van der Waals surface area (Å²) in [7, 11) is 0. The molecule has 1 aliphatic heterocycles. The van der Waals surface area contributed by atoms with E-state index < -0.39 is 17.6 Å². The van der Waals surface area contributed by atoms with Crippen LogP contribution in [0, 0.1) is 9.39 Å². The van der Waals surface area contributed by atoms with Crippen LogP contribution < -0.4 is 10.8 Å². The molecule has 3 N–H and O–H groups in total. The van der Waals surface area contributed by atoms with Crippen molar-refractivity contribution in [2.45, 2.75) is 12.8 Å². The first kappa shape index (κ1) is 19.5. The third kappa shape index (κ3) is 4.51. The number of halogens is 2. The number of anilines is 2. The van der Waals surface area contributed by atoms with Crippen LogP contribution in [0.25, 0.3) is 0 Å². The predicted molar refractivity (Wildman–Crippen MR) is 102 cm³/mol. The summed E-state index contributed by atoms with van der Waals surface area (Å²) in [5.74, 6) is -1.46. The second kappa shape index (κ2) is 8.59. The number of nitrogens with one attached hydrogen (secondary N) is 2. The van der Waals surface area contributed by atoms with Gasteiger partial charge in [-0.25, -0.2) is 14.9 Å². The van der Waals surface area contributed by atoms with Gasteiger partial charge in [0.25, 0.3) is 5.91 Å². The van der Waals surface area contributed by atoms with E-state index in [1.807, 2.05) is 22.6 Å². The Labute approximate surface area is 167 Å². The maximum absolute atomic E-state index is 14.2. The van der Waals surface area contributed by atoms with Gasteiger partial charge < -0.3 is 5.32 Å². The van der Waals surface area contributed by atoms with E-state index in [0.717, 1.165) is 14.2 Å². The van der Waals surface area contributed by atoms with E-state index in [2.05, 4.69) is 10.3 Å². The largest absolute Gasteiger partial charge is 0.351 e. The minimum Gasteiger partial charge on any atom is -0.351 e. The second-order valence-electron chi connectivity index (χ2n) is 5.75. The smallest absolute Gasteiger partial charge is 0.279 e. The zero-order valence-corrected chi connectivity index (χ0v) is 16.2. The van der Waals surface area contributed by atoms with Crippen molar-refractivity contribution < 1.29 is 24.0 Å². The molecular weight excluding hydrogens is 470 g/mol. The molecule has 2 amide bonds. The van der Waals surface area contributed by atoms with E-state index in [1.54, 1.807) is 18.3 Å². The lowest BCUT2D eigenvalue weighted by Crippen LogP contribution is -2.39. The summed E-state index contributed by atoms with van der Waals surface area (Å²) in [6, 6.07) is 4.72. The molecule has 0 radical (unpaired) electrons. The number of hydrogen-bond donors (Lipinski definition) is 3. The van der Waals surface area contributed by atoms with Crippen LogP contribution in [0.4, 0.5) is 15.8 Å². The Morgan fingerprint density at radius 3 is 2.93 bits per heavy atom. The third-order valence-electron chi connectivity index (χ3n) is 3.95. The quantitative estimate of drug-likeness (QED) is 0.329. The van der Waals surface area contributed by atoms with Crippen molar-refractivity contribution in [2.24, 2.45) is 0 Å². The van der Waals surface area contributed by atoms with Gasteiger partial charge in [0.05, 0.1) is 42.7 Å². The van der Waals surface area contributed by atoms with Gasteiger partial charge in [0.1, 0.15) is 5.82 Å². The first-order chi connectivity index (χ1) is 13.0. The highest BCUT2D eigenvalue weighted by atomic mass is 127. The highest BCUT2D eigenvalue weighted by molar-refractivity contribution is 14.1. The Morgan fingerprint density at radius 2 is 2.19 bits per heavy atom. The zero-order chi connectivity index (χ0) is 19.4. The molecule has 0 unspecified atom stereocenters. The van der Waals surface area contributed by atoms with Crippen LogP contribution in [0.2, 0.25) is 0 Å². The maximum Gasteiger partial charge on any atom is 0.279 e. The minimum atomic E-state index is -0.611. The van der Waals surface area contributed by atoms with E-state index >= 15 is 0 Å². The van der Waals surface area contributed by atoms with Crippen molar-refractivity contribution in [3.8, 4) is 0 Å². The molecule has 27 heavy (non-hydrogen) atoms. The van der Waals surface area contributed by atoms with E-state index in [9.17, 15) is 14.0 Å². The summed E-state index contributed by atoms with van der Waals surface area (Å²) in [5.41, 5.74) is 3.18. The number of pyridine rings is 1. The molecule has 0 saturated heterocycles. The fraction of sp³-hybridized carbons (Fsp3) is 0.235. The van der Waals surface area contributed by atoms with E-state index in [-0.39, 0.29) is 18.7 Å². The van der Waals surface area contributed by atoms with Crippen molar-refractivity contribution in [1.29, 1.82) is 0 Å². The SMILES string of the molecule is O=C(CCON1CCc2cncc(Nc3ccc(I)cc3F)c2C1=O)NO. The predicted octanol–water partition coefficient (Wildman–Crippen LogP) is 2.39. The number of fused-ring (bicyclic) bond motifs is 1. The van der Waals surface area contributed by atoms with Crippen molar-refractivity contribution >= 4 is 45.8 Å². The van der Waals surface area contributed by atoms with Crippen molar-refractivity contribution in [3.63, 3.8) is 0 Å². The number of hydroxylamine groups is 3. The molecule has 10 heteroatoms. The Morgan fingerprint density at radius 1 is 1.37 bits per heavy atom. The molecule has 0 spiro atoms. The number of nitrogens with zero attached hydrogens (tertiary/aromatic N) is 2. The fourth-order valence-electron chi connectivity index (χ4n) is 2.65. The lowest BCUT2D eigenvalue weighted by molar-refractivity contribution is -0.143. The summed E-state index contributed by atoms with van der Waals surface area (Å²) in [6.07, 6.45) is 3.46. The van der Waals surface area contributed by atoms with Crippen LogP contribution >= 0.6 is 22.6 Å². The molecular formula is C17H16FIN4O4. The van der Waals surface area contributed by atoms with Crippen LogP contribution in [0.15, 0.2) is 30.6 Å². The molecule has 3 rings (SSSR count). The van der Waals surface area contributed by atoms with Crippen LogP contribution in [0.5, 0.6) is 0 Å². The van der Waals surface area contributed by atoms with Gasteiger partial charge in [-0.1, -0.05) is 0 Å².